The van der Waals surface area contributed by atoms with E-state index in [4.69, 9.17) is 4.74 Å². The van der Waals surface area contributed by atoms with Crippen molar-refractivity contribution in [2.24, 2.45) is 35.0 Å². The Bertz CT molecular complexity index is 888. The van der Waals surface area contributed by atoms with Crippen molar-refractivity contribution in [3.05, 3.63) is 34.4 Å². The number of hydrogen-bond donors (Lipinski definition) is 0. The van der Waals surface area contributed by atoms with Crippen molar-refractivity contribution < 1.29 is 19.1 Å². The van der Waals surface area contributed by atoms with E-state index >= 15 is 0 Å². The quantitative estimate of drug-likeness (QED) is 0.646. The third-order valence-corrected chi connectivity index (χ3v) is 8.56. The van der Waals surface area contributed by atoms with E-state index in [1.54, 1.807) is 6.08 Å². The van der Waals surface area contributed by atoms with Crippen LogP contribution in [0.2, 0.25) is 0 Å². The Morgan fingerprint density at radius 2 is 1.96 bits per heavy atom. The zero-order valence-electron chi connectivity index (χ0n) is 16.9. The first-order chi connectivity index (χ1) is 13.4. The molecule has 0 aromatic rings. The van der Waals surface area contributed by atoms with Crippen molar-refractivity contribution in [2.45, 2.75) is 52.4 Å². The Labute approximate surface area is 166 Å². The molecule has 1 saturated carbocycles. The zero-order valence-corrected chi connectivity index (χ0v) is 16.9. The summed E-state index contributed by atoms with van der Waals surface area (Å²) in [6.45, 7) is 4.48. The monoisotopic (exact) mass is 380 g/mol. The van der Waals surface area contributed by atoms with Gasteiger partial charge in [-0.1, -0.05) is 31.1 Å². The van der Waals surface area contributed by atoms with E-state index < -0.39 is 11.3 Å². The molecule has 0 aliphatic heterocycles. The van der Waals surface area contributed by atoms with Gasteiger partial charge in [0.2, 0.25) is 0 Å². The van der Waals surface area contributed by atoms with E-state index in [1.165, 1.54) is 12.7 Å². The van der Waals surface area contributed by atoms with Gasteiger partial charge in [0.1, 0.15) is 5.78 Å². The molecular weight excluding hydrogens is 352 g/mol. The standard InChI is InChI=1S/C24H28O4/c1-12-13(2)24-15(5-9-20(24)26)4-8-19(24)22-18(23(27)28-3)11-14-10-16(25)6-7-17(14)21(12)22/h8,10,12-13,15,17-18H,4-7,9,11H2,1-3H3/t12?,13?,15-,17-,18+,24?/m0/s1. The fourth-order valence-electron chi connectivity index (χ4n) is 7.32. The van der Waals surface area contributed by atoms with Gasteiger partial charge in [-0.15, -0.1) is 0 Å². The van der Waals surface area contributed by atoms with Crippen LogP contribution in [0.1, 0.15) is 52.4 Å². The van der Waals surface area contributed by atoms with E-state index in [0.29, 0.717) is 31.0 Å². The van der Waals surface area contributed by atoms with Gasteiger partial charge < -0.3 is 4.74 Å². The molecule has 1 spiro atoms. The second-order valence-corrected chi connectivity index (χ2v) is 9.38. The second-order valence-electron chi connectivity index (χ2n) is 9.38. The van der Waals surface area contributed by atoms with Crippen LogP contribution in [0, 0.1) is 35.0 Å². The summed E-state index contributed by atoms with van der Waals surface area (Å²) < 4.78 is 5.19. The van der Waals surface area contributed by atoms with Crippen molar-refractivity contribution in [3.8, 4) is 0 Å². The Hall–Kier alpha value is -1.97. The number of hydrogen-bond acceptors (Lipinski definition) is 4. The number of fused-ring (bicyclic) bond motifs is 3. The van der Waals surface area contributed by atoms with E-state index in [9.17, 15) is 14.4 Å². The summed E-state index contributed by atoms with van der Waals surface area (Å²) in [5, 5.41) is 0. The van der Waals surface area contributed by atoms with E-state index in [2.05, 4.69) is 19.9 Å². The lowest BCUT2D eigenvalue weighted by Gasteiger charge is -2.52. The van der Waals surface area contributed by atoms with Crippen molar-refractivity contribution in [1.29, 1.82) is 0 Å². The molecule has 0 amide bonds. The maximum atomic E-state index is 13.3. The molecule has 0 aromatic carbocycles. The van der Waals surface area contributed by atoms with Crippen LogP contribution in [0.5, 0.6) is 0 Å². The number of carbonyl (C=O) groups excluding carboxylic acids is 3. The number of esters is 1. The van der Waals surface area contributed by atoms with E-state index in [-0.39, 0.29) is 29.5 Å². The van der Waals surface area contributed by atoms with Crippen LogP contribution in [0.4, 0.5) is 0 Å². The average Bonchev–Trinajstić information content (AvgIpc) is 3.22. The molecule has 0 N–H and O–H groups in total. The van der Waals surface area contributed by atoms with Crippen LogP contribution in [0.25, 0.3) is 0 Å². The molecule has 0 radical (unpaired) electrons. The normalized spacial score (nSPS) is 41.6. The lowest BCUT2D eigenvalue weighted by molar-refractivity contribution is -0.144. The molecule has 3 unspecified atom stereocenters. The topological polar surface area (TPSA) is 60.4 Å². The van der Waals surface area contributed by atoms with E-state index in [1.807, 2.05) is 0 Å². The van der Waals surface area contributed by atoms with Crippen molar-refractivity contribution >= 4 is 17.5 Å². The molecule has 4 heteroatoms. The molecule has 0 heterocycles. The van der Waals surface area contributed by atoms with Crippen LogP contribution in [-0.4, -0.2) is 24.6 Å². The van der Waals surface area contributed by atoms with Gasteiger partial charge >= 0.3 is 5.97 Å². The SMILES string of the molecule is COC(=O)[C@@H]1CC2=CC(=O)CC[C@@H]2C2=C1C1=CC[C@H]3CCC(=O)C13C(C)C2C. The van der Waals surface area contributed by atoms with Gasteiger partial charge in [-0.25, -0.2) is 0 Å². The number of Topliss-reactive ketones (excluding diaryl/α,β-unsaturated/α-hetero) is 1. The molecule has 28 heavy (non-hydrogen) atoms. The van der Waals surface area contributed by atoms with Gasteiger partial charge in [-0.3, -0.25) is 14.4 Å². The van der Waals surface area contributed by atoms with Gasteiger partial charge in [0.05, 0.1) is 18.4 Å². The predicted molar refractivity (Wildman–Crippen MR) is 104 cm³/mol. The summed E-state index contributed by atoms with van der Waals surface area (Å²) in [5.41, 5.74) is 4.24. The maximum Gasteiger partial charge on any atom is 0.313 e. The highest BCUT2D eigenvalue weighted by molar-refractivity contribution is 5.96. The summed E-state index contributed by atoms with van der Waals surface area (Å²) in [7, 11) is 1.44. The summed E-state index contributed by atoms with van der Waals surface area (Å²) >= 11 is 0. The van der Waals surface area contributed by atoms with Crippen LogP contribution >= 0.6 is 0 Å². The first-order valence-electron chi connectivity index (χ1n) is 10.7. The number of carbonyl (C=O) groups is 3. The Morgan fingerprint density at radius 3 is 2.71 bits per heavy atom. The summed E-state index contributed by atoms with van der Waals surface area (Å²) in [5.74, 6) is 0.979. The number of methoxy groups -OCH3 is 1. The summed E-state index contributed by atoms with van der Waals surface area (Å²) in [6, 6.07) is 0. The van der Waals surface area contributed by atoms with Crippen molar-refractivity contribution in [1.82, 2.24) is 0 Å². The molecule has 0 aromatic heterocycles. The van der Waals surface area contributed by atoms with Crippen molar-refractivity contribution in [3.63, 3.8) is 0 Å². The Morgan fingerprint density at radius 1 is 1.18 bits per heavy atom. The molecular formula is C24H28O4. The lowest BCUT2D eigenvalue weighted by atomic mass is 9.50. The van der Waals surface area contributed by atoms with E-state index in [0.717, 1.165) is 36.0 Å². The second kappa shape index (κ2) is 6.01. The number of ketones is 2. The largest absolute Gasteiger partial charge is 0.469 e. The van der Waals surface area contributed by atoms with Gasteiger partial charge in [0.25, 0.3) is 0 Å². The molecule has 0 bridgehead atoms. The van der Waals surface area contributed by atoms with Gasteiger partial charge in [0.15, 0.2) is 5.78 Å². The molecule has 6 atom stereocenters. The highest BCUT2D eigenvalue weighted by atomic mass is 16.5. The average molecular weight is 380 g/mol. The molecule has 0 saturated heterocycles. The number of rotatable bonds is 1. The maximum absolute atomic E-state index is 13.3. The first-order valence-corrected chi connectivity index (χ1v) is 10.7. The number of ether oxygens (including phenoxy) is 1. The first kappa shape index (κ1) is 18.1. The van der Waals surface area contributed by atoms with Crippen LogP contribution in [0.3, 0.4) is 0 Å². The van der Waals surface area contributed by atoms with Gasteiger partial charge in [0, 0.05) is 18.8 Å². The molecule has 1 fully saturated rings. The third-order valence-electron chi connectivity index (χ3n) is 8.56. The molecule has 5 aliphatic carbocycles. The minimum Gasteiger partial charge on any atom is -0.469 e. The van der Waals surface area contributed by atoms with Gasteiger partial charge in [-0.2, -0.15) is 0 Å². The highest BCUT2D eigenvalue weighted by Gasteiger charge is 2.63. The molecule has 5 rings (SSSR count). The van der Waals surface area contributed by atoms with Crippen molar-refractivity contribution in [2.75, 3.05) is 7.11 Å². The Kier molecular flexibility index (Phi) is 3.88. The Balaban J connectivity index is 1.76. The molecule has 4 nitrogen and oxygen atoms in total. The number of allylic oxidation sites excluding steroid dienone is 5. The highest BCUT2D eigenvalue weighted by Crippen LogP contribution is 2.67. The molecule has 5 aliphatic rings. The summed E-state index contributed by atoms with van der Waals surface area (Å²) in [4.78, 5) is 38.2. The lowest BCUT2D eigenvalue weighted by Crippen LogP contribution is -2.49. The zero-order chi connectivity index (χ0) is 19.8. The molecule has 148 valence electrons. The van der Waals surface area contributed by atoms with Crippen LogP contribution in [-0.2, 0) is 19.1 Å². The summed E-state index contributed by atoms with van der Waals surface area (Å²) in [6.07, 6.45) is 8.55. The van der Waals surface area contributed by atoms with Crippen LogP contribution < -0.4 is 0 Å². The van der Waals surface area contributed by atoms with Gasteiger partial charge in [-0.05, 0) is 60.7 Å². The third kappa shape index (κ3) is 2.04. The van der Waals surface area contributed by atoms with Crippen LogP contribution in [0.15, 0.2) is 34.4 Å². The fraction of sp³-hybridized carbons (Fsp3) is 0.625. The minimum absolute atomic E-state index is 0.165. The predicted octanol–water partition coefficient (Wildman–Crippen LogP) is 3.96. The fourth-order valence-corrected chi connectivity index (χ4v) is 7.32. The smallest absolute Gasteiger partial charge is 0.313 e. The minimum atomic E-state index is -0.407.